The minimum absolute atomic E-state index is 0.214. The number of hydrogen-bond acceptors (Lipinski definition) is 4. The Morgan fingerprint density at radius 2 is 2.26 bits per heavy atom. The van der Waals surface area contributed by atoms with Crippen LogP contribution in [0.15, 0.2) is 28.7 Å². The van der Waals surface area contributed by atoms with E-state index in [1.165, 1.54) is 0 Å². The Hall–Kier alpha value is -1.88. The molecule has 19 heavy (non-hydrogen) atoms. The summed E-state index contributed by atoms with van der Waals surface area (Å²) in [7, 11) is 0. The molecule has 0 radical (unpaired) electrons. The molecule has 1 aliphatic rings. The van der Waals surface area contributed by atoms with Crippen LogP contribution in [0.1, 0.15) is 25.2 Å². The van der Waals surface area contributed by atoms with Gasteiger partial charge in [-0.05, 0) is 31.0 Å². The summed E-state index contributed by atoms with van der Waals surface area (Å²) in [6.45, 7) is 2.81. The maximum atomic E-state index is 11.3. The summed E-state index contributed by atoms with van der Waals surface area (Å²) in [5.74, 6) is -0.129. The molecule has 3 atom stereocenters. The summed E-state index contributed by atoms with van der Waals surface area (Å²) in [5, 5.41) is 12.4. The Morgan fingerprint density at radius 3 is 3.00 bits per heavy atom. The molecule has 1 fully saturated rings. The van der Waals surface area contributed by atoms with Gasteiger partial charge in [0.05, 0.1) is 5.92 Å². The predicted molar refractivity (Wildman–Crippen MR) is 70.0 cm³/mol. The number of hydrogen-bond donors (Lipinski definition) is 2. The summed E-state index contributed by atoms with van der Waals surface area (Å²) >= 11 is 0. The third kappa shape index (κ3) is 2.21. The van der Waals surface area contributed by atoms with Crippen molar-refractivity contribution in [1.82, 2.24) is 10.3 Å². The number of carbonyl (C=O) groups is 1. The lowest BCUT2D eigenvalue weighted by atomic mass is 9.85. The molecule has 5 heteroatoms. The quantitative estimate of drug-likeness (QED) is 0.863. The zero-order chi connectivity index (χ0) is 13.4. The fourth-order valence-corrected chi connectivity index (χ4v) is 2.67. The first-order valence-corrected chi connectivity index (χ1v) is 6.47. The topological polar surface area (TPSA) is 75.4 Å². The van der Waals surface area contributed by atoms with Crippen molar-refractivity contribution < 1.29 is 14.3 Å². The van der Waals surface area contributed by atoms with Gasteiger partial charge >= 0.3 is 5.97 Å². The average molecular weight is 260 g/mol. The first-order valence-electron chi connectivity index (χ1n) is 6.47. The van der Waals surface area contributed by atoms with Gasteiger partial charge in [-0.15, -0.1) is 0 Å². The SMILES string of the molecule is CC1CN[C@H](C(=O)O)C(c2nc3ccccc3o2)C1. The fraction of sp³-hybridized carbons (Fsp3) is 0.429. The number of piperidine rings is 1. The van der Waals surface area contributed by atoms with Crippen LogP contribution in [0, 0.1) is 5.92 Å². The van der Waals surface area contributed by atoms with Crippen molar-refractivity contribution in [3.05, 3.63) is 30.2 Å². The Labute approximate surface area is 110 Å². The number of para-hydroxylation sites is 2. The highest BCUT2D eigenvalue weighted by Gasteiger charge is 2.37. The number of rotatable bonds is 2. The monoisotopic (exact) mass is 260 g/mol. The average Bonchev–Trinajstić information content (AvgIpc) is 2.81. The van der Waals surface area contributed by atoms with Crippen molar-refractivity contribution in [1.29, 1.82) is 0 Å². The fourth-order valence-electron chi connectivity index (χ4n) is 2.67. The lowest BCUT2D eigenvalue weighted by molar-refractivity contribution is -0.141. The van der Waals surface area contributed by atoms with E-state index in [0.29, 0.717) is 23.9 Å². The van der Waals surface area contributed by atoms with E-state index in [1.807, 2.05) is 24.3 Å². The van der Waals surface area contributed by atoms with E-state index in [1.54, 1.807) is 0 Å². The van der Waals surface area contributed by atoms with Crippen LogP contribution in [0.5, 0.6) is 0 Å². The first-order chi connectivity index (χ1) is 9.15. The van der Waals surface area contributed by atoms with Crippen LogP contribution < -0.4 is 5.32 Å². The lowest BCUT2D eigenvalue weighted by Gasteiger charge is -2.31. The lowest BCUT2D eigenvalue weighted by Crippen LogP contribution is -2.48. The highest BCUT2D eigenvalue weighted by atomic mass is 16.4. The van der Waals surface area contributed by atoms with Gasteiger partial charge in [0.2, 0.25) is 5.89 Å². The van der Waals surface area contributed by atoms with E-state index < -0.39 is 12.0 Å². The summed E-state index contributed by atoms with van der Waals surface area (Å²) in [6.07, 6.45) is 0.775. The Kier molecular flexibility index (Phi) is 2.98. The van der Waals surface area contributed by atoms with E-state index in [-0.39, 0.29) is 5.92 Å². The van der Waals surface area contributed by atoms with Gasteiger partial charge < -0.3 is 14.8 Å². The number of nitrogens with zero attached hydrogens (tertiary/aromatic N) is 1. The molecular formula is C14H16N2O3. The van der Waals surface area contributed by atoms with Gasteiger partial charge in [-0.3, -0.25) is 4.79 Å². The first kappa shape index (κ1) is 12.2. The Balaban J connectivity index is 1.99. The van der Waals surface area contributed by atoms with Gasteiger partial charge in [0.25, 0.3) is 0 Å². The molecule has 100 valence electrons. The highest BCUT2D eigenvalue weighted by Crippen LogP contribution is 2.32. The molecule has 1 aromatic heterocycles. The molecule has 1 aliphatic heterocycles. The number of oxazole rings is 1. The molecule has 0 aliphatic carbocycles. The van der Waals surface area contributed by atoms with Crippen LogP contribution in [-0.2, 0) is 4.79 Å². The third-order valence-electron chi connectivity index (χ3n) is 3.64. The largest absolute Gasteiger partial charge is 0.480 e. The normalized spacial score (nSPS) is 27.5. The maximum Gasteiger partial charge on any atom is 0.321 e. The molecule has 0 saturated carbocycles. The molecule has 0 spiro atoms. The molecular weight excluding hydrogens is 244 g/mol. The zero-order valence-corrected chi connectivity index (χ0v) is 10.7. The van der Waals surface area contributed by atoms with Crippen LogP contribution in [0.2, 0.25) is 0 Å². The second-order valence-electron chi connectivity index (χ2n) is 5.19. The van der Waals surface area contributed by atoms with Crippen molar-refractivity contribution in [3.8, 4) is 0 Å². The van der Waals surface area contributed by atoms with Crippen molar-refractivity contribution >= 4 is 17.1 Å². The molecule has 5 nitrogen and oxygen atoms in total. The van der Waals surface area contributed by atoms with Crippen molar-refractivity contribution in [2.45, 2.75) is 25.3 Å². The summed E-state index contributed by atoms with van der Waals surface area (Å²) in [4.78, 5) is 15.8. The van der Waals surface area contributed by atoms with E-state index in [0.717, 1.165) is 11.9 Å². The van der Waals surface area contributed by atoms with Gasteiger partial charge in [-0.2, -0.15) is 0 Å². The van der Waals surface area contributed by atoms with Crippen molar-refractivity contribution in [2.75, 3.05) is 6.54 Å². The third-order valence-corrected chi connectivity index (χ3v) is 3.64. The highest BCUT2D eigenvalue weighted by molar-refractivity contribution is 5.76. The van der Waals surface area contributed by atoms with Crippen LogP contribution >= 0.6 is 0 Å². The van der Waals surface area contributed by atoms with Crippen molar-refractivity contribution in [2.24, 2.45) is 5.92 Å². The molecule has 1 aromatic carbocycles. The maximum absolute atomic E-state index is 11.3. The molecule has 1 saturated heterocycles. The second kappa shape index (κ2) is 4.66. The summed E-state index contributed by atoms with van der Waals surface area (Å²) in [6, 6.07) is 6.88. The number of carboxylic acid groups (broad SMARTS) is 1. The van der Waals surface area contributed by atoms with Gasteiger partial charge in [0, 0.05) is 0 Å². The number of fused-ring (bicyclic) bond motifs is 1. The van der Waals surface area contributed by atoms with Gasteiger partial charge in [-0.25, -0.2) is 4.98 Å². The number of benzene rings is 1. The van der Waals surface area contributed by atoms with Crippen LogP contribution in [-0.4, -0.2) is 28.6 Å². The number of aliphatic carboxylic acids is 1. The van der Waals surface area contributed by atoms with Crippen LogP contribution in [0.4, 0.5) is 0 Å². The molecule has 3 rings (SSSR count). The number of nitrogens with one attached hydrogen (secondary N) is 1. The molecule has 0 bridgehead atoms. The van der Waals surface area contributed by atoms with Crippen LogP contribution in [0.3, 0.4) is 0 Å². The van der Waals surface area contributed by atoms with Crippen LogP contribution in [0.25, 0.3) is 11.1 Å². The number of carboxylic acids is 1. The molecule has 2 aromatic rings. The minimum atomic E-state index is -0.848. The summed E-state index contributed by atoms with van der Waals surface area (Å²) in [5.41, 5.74) is 1.49. The Bertz CT molecular complexity index is 575. The van der Waals surface area contributed by atoms with Gasteiger partial charge in [0.15, 0.2) is 5.58 Å². The van der Waals surface area contributed by atoms with E-state index in [4.69, 9.17) is 4.42 Å². The minimum Gasteiger partial charge on any atom is -0.480 e. The van der Waals surface area contributed by atoms with Crippen molar-refractivity contribution in [3.63, 3.8) is 0 Å². The molecule has 2 unspecified atom stereocenters. The standard InChI is InChI=1S/C14H16N2O3/c1-8-6-9(12(14(17)18)15-7-8)13-16-10-4-2-3-5-11(10)19-13/h2-5,8-9,12,15H,6-7H2,1H3,(H,17,18)/t8?,9?,12-/m0/s1. The smallest absolute Gasteiger partial charge is 0.321 e. The molecule has 0 amide bonds. The van der Waals surface area contributed by atoms with E-state index in [9.17, 15) is 9.90 Å². The van der Waals surface area contributed by atoms with Gasteiger partial charge in [-0.1, -0.05) is 19.1 Å². The second-order valence-corrected chi connectivity index (χ2v) is 5.19. The van der Waals surface area contributed by atoms with E-state index >= 15 is 0 Å². The summed E-state index contributed by atoms with van der Waals surface area (Å²) < 4.78 is 5.72. The van der Waals surface area contributed by atoms with Gasteiger partial charge in [0.1, 0.15) is 11.6 Å². The van der Waals surface area contributed by atoms with E-state index in [2.05, 4.69) is 17.2 Å². The predicted octanol–water partition coefficient (Wildman–Crippen LogP) is 1.99. The zero-order valence-electron chi connectivity index (χ0n) is 10.7. The molecule has 2 heterocycles. The Morgan fingerprint density at radius 1 is 1.47 bits per heavy atom. The number of aromatic nitrogens is 1. The molecule has 2 N–H and O–H groups in total.